The number of hydrogen-bond acceptors (Lipinski definition) is 6. The number of methoxy groups -OCH3 is 1. The number of rotatable bonds is 4. The second-order valence-corrected chi connectivity index (χ2v) is 6.11. The third-order valence-corrected chi connectivity index (χ3v) is 4.47. The van der Waals surface area contributed by atoms with Gasteiger partial charge in [-0.25, -0.2) is 4.90 Å². The minimum absolute atomic E-state index is 0.0109. The van der Waals surface area contributed by atoms with E-state index in [2.05, 4.69) is 0 Å². The molecule has 8 heteroatoms. The molecule has 122 valence electrons. The summed E-state index contributed by atoms with van der Waals surface area (Å²) in [5.74, 6) is -0.228. The predicted molar refractivity (Wildman–Crippen MR) is 89.1 cm³/mol. The fourth-order valence-corrected chi connectivity index (χ4v) is 3.18. The highest BCUT2D eigenvalue weighted by Crippen LogP contribution is 2.32. The quantitative estimate of drug-likeness (QED) is 0.368. The van der Waals surface area contributed by atoms with Crippen molar-refractivity contribution in [3.05, 3.63) is 57.0 Å². The average molecular weight is 344 g/mol. The molecule has 1 aliphatic rings. The molecule has 0 N–H and O–H groups in total. The third-order valence-electron chi connectivity index (χ3n) is 3.49. The fourth-order valence-electron chi connectivity index (χ4n) is 2.39. The summed E-state index contributed by atoms with van der Waals surface area (Å²) in [6, 6.07) is 9.60. The smallest absolute Gasteiger partial charge is 0.324 e. The highest BCUT2D eigenvalue weighted by Gasteiger charge is 2.35. The largest absolute Gasteiger partial charge is 0.497 e. The molecule has 0 radical (unpaired) electrons. The van der Waals surface area contributed by atoms with E-state index in [-0.39, 0.29) is 17.3 Å². The van der Waals surface area contributed by atoms with Crippen LogP contribution in [0.4, 0.5) is 10.7 Å². The van der Waals surface area contributed by atoms with Crippen LogP contribution in [-0.4, -0.2) is 23.8 Å². The Morgan fingerprint density at radius 1 is 1.29 bits per heavy atom. The van der Waals surface area contributed by atoms with Crippen LogP contribution in [0.1, 0.15) is 11.3 Å². The first-order valence-electron chi connectivity index (χ1n) is 6.95. The van der Waals surface area contributed by atoms with Crippen molar-refractivity contribution in [2.24, 2.45) is 0 Å². The molecule has 0 spiro atoms. The van der Waals surface area contributed by atoms with Gasteiger partial charge in [0, 0.05) is 22.6 Å². The number of anilines is 1. The minimum atomic E-state index is -0.489. The molecule has 2 aromatic rings. The number of ether oxygens (including phenoxy) is 1. The maximum absolute atomic E-state index is 12.5. The van der Waals surface area contributed by atoms with Crippen LogP contribution in [0.3, 0.4) is 0 Å². The van der Waals surface area contributed by atoms with E-state index in [0.29, 0.717) is 21.9 Å². The first kappa shape index (κ1) is 15.9. The van der Waals surface area contributed by atoms with Crippen LogP contribution >= 0.6 is 11.3 Å². The zero-order valence-corrected chi connectivity index (χ0v) is 13.4. The van der Waals surface area contributed by atoms with Crippen molar-refractivity contribution in [2.45, 2.75) is 6.42 Å². The third kappa shape index (κ3) is 2.91. The molecule has 7 nitrogen and oxygen atoms in total. The molecular formula is C16H12N2O5S. The molecule has 0 saturated carbocycles. The average Bonchev–Trinajstić information content (AvgIpc) is 3.13. The molecule has 1 aromatic heterocycles. The fraction of sp³-hybridized carbons (Fsp3) is 0.125. The van der Waals surface area contributed by atoms with Crippen LogP contribution in [0, 0.1) is 10.1 Å². The van der Waals surface area contributed by atoms with Crippen molar-refractivity contribution >= 4 is 39.9 Å². The van der Waals surface area contributed by atoms with Crippen LogP contribution in [-0.2, 0) is 9.59 Å². The summed E-state index contributed by atoms with van der Waals surface area (Å²) in [6.07, 6.45) is 1.49. The van der Waals surface area contributed by atoms with E-state index in [1.807, 2.05) is 0 Å². The summed E-state index contributed by atoms with van der Waals surface area (Å²) in [5.41, 5.74) is 0.740. The monoisotopic (exact) mass is 344 g/mol. The van der Waals surface area contributed by atoms with Gasteiger partial charge in [0.15, 0.2) is 0 Å². The maximum Gasteiger partial charge on any atom is 0.324 e. The SMILES string of the molecule is COc1cccc(N2C(=O)CC(=Cc3ccc([N+](=O)[O-])s3)C2=O)c1. The molecule has 2 heterocycles. The molecule has 0 aliphatic carbocycles. The van der Waals surface area contributed by atoms with Crippen molar-refractivity contribution in [1.29, 1.82) is 0 Å². The van der Waals surface area contributed by atoms with Crippen LogP contribution < -0.4 is 9.64 Å². The van der Waals surface area contributed by atoms with Crippen molar-refractivity contribution in [1.82, 2.24) is 0 Å². The lowest BCUT2D eigenvalue weighted by molar-refractivity contribution is -0.380. The number of carbonyl (C=O) groups excluding carboxylic acids is 2. The van der Waals surface area contributed by atoms with Gasteiger partial charge in [0.2, 0.25) is 5.91 Å². The number of carbonyl (C=O) groups is 2. The topological polar surface area (TPSA) is 89.8 Å². The molecule has 1 fully saturated rings. The van der Waals surface area contributed by atoms with E-state index in [9.17, 15) is 19.7 Å². The van der Waals surface area contributed by atoms with E-state index in [0.717, 1.165) is 16.2 Å². The first-order valence-corrected chi connectivity index (χ1v) is 7.77. The van der Waals surface area contributed by atoms with E-state index < -0.39 is 10.8 Å². The Hall–Kier alpha value is -3.00. The molecule has 3 rings (SSSR count). The summed E-state index contributed by atoms with van der Waals surface area (Å²) in [6.45, 7) is 0. The Kier molecular flexibility index (Phi) is 4.13. The van der Waals surface area contributed by atoms with Gasteiger partial charge in [-0.05, 0) is 24.3 Å². The Bertz CT molecular complexity index is 871. The molecule has 24 heavy (non-hydrogen) atoms. The Morgan fingerprint density at radius 3 is 2.75 bits per heavy atom. The maximum atomic E-state index is 12.5. The molecular weight excluding hydrogens is 332 g/mol. The number of benzene rings is 1. The first-order chi connectivity index (χ1) is 11.5. The number of nitrogens with zero attached hydrogens (tertiary/aromatic N) is 2. The zero-order chi connectivity index (χ0) is 17.3. The van der Waals surface area contributed by atoms with Crippen molar-refractivity contribution in [2.75, 3.05) is 12.0 Å². The number of amides is 2. The van der Waals surface area contributed by atoms with E-state index >= 15 is 0 Å². The summed E-state index contributed by atoms with van der Waals surface area (Å²) in [7, 11) is 1.50. The highest BCUT2D eigenvalue weighted by molar-refractivity contribution is 7.16. The van der Waals surface area contributed by atoms with Gasteiger partial charge in [0.25, 0.3) is 5.91 Å². The molecule has 1 saturated heterocycles. The van der Waals surface area contributed by atoms with Gasteiger partial charge in [-0.1, -0.05) is 17.4 Å². The van der Waals surface area contributed by atoms with Crippen molar-refractivity contribution < 1.29 is 19.2 Å². The van der Waals surface area contributed by atoms with Crippen molar-refractivity contribution in [3.63, 3.8) is 0 Å². The van der Waals surface area contributed by atoms with Gasteiger partial charge in [-0.3, -0.25) is 19.7 Å². The van der Waals surface area contributed by atoms with Gasteiger partial charge in [0.05, 0.1) is 24.1 Å². The number of hydrogen-bond donors (Lipinski definition) is 0. The normalized spacial score (nSPS) is 16.0. The number of imide groups is 1. The van der Waals surface area contributed by atoms with Gasteiger partial charge in [-0.2, -0.15) is 0 Å². The molecule has 2 amide bonds. The highest BCUT2D eigenvalue weighted by atomic mass is 32.1. The molecule has 0 bridgehead atoms. The molecule has 0 unspecified atom stereocenters. The van der Waals surface area contributed by atoms with Gasteiger partial charge < -0.3 is 4.74 Å². The van der Waals surface area contributed by atoms with Crippen molar-refractivity contribution in [3.8, 4) is 5.75 Å². The Balaban J connectivity index is 1.90. The molecule has 1 aliphatic heterocycles. The summed E-state index contributed by atoms with van der Waals surface area (Å²) in [4.78, 5) is 36.6. The van der Waals surface area contributed by atoms with Gasteiger partial charge in [0.1, 0.15) is 5.75 Å². The summed E-state index contributed by atoms with van der Waals surface area (Å²) < 4.78 is 5.11. The zero-order valence-electron chi connectivity index (χ0n) is 12.6. The lowest BCUT2D eigenvalue weighted by atomic mass is 10.2. The second kappa shape index (κ2) is 6.25. The van der Waals surface area contributed by atoms with Crippen LogP contribution in [0.15, 0.2) is 42.0 Å². The Labute approximate surface area is 140 Å². The van der Waals surface area contributed by atoms with Crippen LogP contribution in [0.2, 0.25) is 0 Å². The van der Waals surface area contributed by atoms with Crippen LogP contribution in [0.25, 0.3) is 6.08 Å². The van der Waals surface area contributed by atoms with Crippen LogP contribution in [0.5, 0.6) is 5.75 Å². The lowest BCUT2D eigenvalue weighted by Gasteiger charge is -2.14. The minimum Gasteiger partial charge on any atom is -0.497 e. The number of nitro groups is 1. The molecule has 1 aromatic carbocycles. The van der Waals surface area contributed by atoms with E-state index in [1.54, 1.807) is 30.3 Å². The van der Waals surface area contributed by atoms with E-state index in [1.165, 1.54) is 19.3 Å². The summed E-state index contributed by atoms with van der Waals surface area (Å²) in [5, 5.41) is 10.7. The summed E-state index contributed by atoms with van der Waals surface area (Å²) >= 11 is 0.957. The molecule has 0 atom stereocenters. The second-order valence-electron chi connectivity index (χ2n) is 5.02. The Morgan fingerprint density at radius 2 is 2.08 bits per heavy atom. The lowest BCUT2D eigenvalue weighted by Crippen LogP contribution is -2.28. The predicted octanol–water partition coefficient (Wildman–Crippen LogP) is 3.01. The van der Waals surface area contributed by atoms with E-state index in [4.69, 9.17) is 4.74 Å². The van der Waals surface area contributed by atoms with Gasteiger partial charge >= 0.3 is 5.00 Å². The number of thiophene rings is 1. The van der Waals surface area contributed by atoms with Gasteiger partial charge in [-0.15, -0.1) is 0 Å². The standard InChI is InChI=1S/C16H12N2O5S/c1-23-12-4-2-3-11(9-12)17-14(19)8-10(16(17)20)7-13-5-6-15(24-13)18(21)22/h2-7,9H,8H2,1H3.